The summed E-state index contributed by atoms with van der Waals surface area (Å²) in [4.78, 5) is 5.89. The molecule has 2 aliphatic rings. The maximum Gasteiger partial charge on any atom is 0.416 e. The highest BCUT2D eigenvalue weighted by Gasteiger charge is 2.45. The van der Waals surface area contributed by atoms with Gasteiger partial charge in [0.15, 0.2) is 5.13 Å². The molecule has 0 saturated heterocycles. The van der Waals surface area contributed by atoms with Crippen LogP contribution in [0.4, 0.5) is 24.0 Å². The molecule has 2 aromatic rings. The molecule has 29 heavy (non-hydrogen) atoms. The summed E-state index contributed by atoms with van der Waals surface area (Å²) in [7, 11) is 0. The molecule has 0 unspecified atom stereocenters. The van der Waals surface area contributed by atoms with Crippen molar-refractivity contribution in [3.8, 4) is 0 Å². The van der Waals surface area contributed by atoms with Crippen LogP contribution in [0.5, 0.6) is 0 Å². The summed E-state index contributed by atoms with van der Waals surface area (Å²) in [5.74, 6) is 0.982. The molecule has 0 aliphatic heterocycles. The highest BCUT2D eigenvalue weighted by Crippen LogP contribution is 2.57. The number of hydrogen-bond donors (Lipinski definition) is 1. The van der Waals surface area contributed by atoms with Gasteiger partial charge in [-0.05, 0) is 67.2 Å². The molecule has 1 aromatic carbocycles. The van der Waals surface area contributed by atoms with Crippen LogP contribution in [0.1, 0.15) is 49.7 Å². The Kier molecular flexibility index (Phi) is 4.88. The van der Waals surface area contributed by atoms with Crippen LogP contribution in [0.3, 0.4) is 0 Å². The lowest BCUT2D eigenvalue weighted by atomic mass is 9.57. The molecule has 6 heteroatoms. The smallest absolute Gasteiger partial charge is 0.332 e. The molecule has 0 bridgehead atoms. The van der Waals surface area contributed by atoms with Crippen LogP contribution < -0.4 is 5.32 Å². The first-order valence-corrected chi connectivity index (χ1v) is 10.7. The number of nitrogens with one attached hydrogen (secondary N) is 1. The summed E-state index contributed by atoms with van der Waals surface area (Å²) in [6.45, 7) is 11.0. The Bertz CT molecular complexity index is 988. The minimum atomic E-state index is -4.36. The first kappa shape index (κ1) is 20.2. The van der Waals surface area contributed by atoms with Crippen molar-refractivity contribution in [2.75, 3.05) is 5.32 Å². The number of hydrogen-bond acceptors (Lipinski definition) is 3. The van der Waals surface area contributed by atoms with E-state index >= 15 is 0 Å². The molecular formula is C23H25F3N2S. The van der Waals surface area contributed by atoms with E-state index in [4.69, 9.17) is 4.98 Å². The second kappa shape index (κ2) is 7.01. The Hall–Kier alpha value is -2.08. The van der Waals surface area contributed by atoms with Gasteiger partial charge in [0.2, 0.25) is 0 Å². The van der Waals surface area contributed by atoms with E-state index in [1.807, 2.05) is 0 Å². The van der Waals surface area contributed by atoms with Gasteiger partial charge in [0, 0.05) is 5.69 Å². The molecule has 0 amide bonds. The molecule has 1 N–H and O–H groups in total. The zero-order valence-electron chi connectivity index (χ0n) is 16.9. The van der Waals surface area contributed by atoms with Gasteiger partial charge in [-0.3, -0.25) is 0 Å². The Morgan fingerprint density at radius 1 is 1.34 bits per heavy atom. The number of rotatable bonds is 3. The molecule has 0 spiro atoms. The SMILES string of the molecule is C=C(C)[C@@H]1CC=C2c3sc(Nc4cccc(C(F)(F)F)c4)nc3CC[C@]2(C)[C@H]1C. The third kappa shape index (κ3) is 3.52. The minimum absolute atomic E-state index is 0.0782. The fraction of sp³-hybridized carbons (Fsp3) is 0.435. The van der Waals surface area contributed by atoms with E-state index in [-0.39, 0.29) is 5.41 Å². The molecule has 2 nitrogen and oxygen atoms in total. The summed E-state index contributed by atoms with van der Waals surface area (Å²) < 4.78 is 39.0. The number of allylic oxidation sites excluding steroid dienone is 3. The predicted molar refractivity (Wildman–Crippen MR) is 113 cm³/mol. The number of thiazole rings is 1. The Morgan fingerprint density at radius 2 is 2.10 bits per heavy atom. The molecule has 2 aliphatic carbocycles. The third-order valence-corrected chi connectivity index (χ3v) is 7.74. The summed E-state index contributed by atoms with van der Waals surface area (Å²) in [6.07, 6.45) is 0.879. The maximum absolute atomic E-state index is 13.0. The molecule has 1 aromatic heterocycles. The van der Waals surface area contributed by atoms with Gasteiger partial charge in [0.1, 0.15) is 0 Å². The Labute approximate surface area is 173 Å². The van der Waals surface area contributed by atoms with Crippen molar-refractivity contribution in [3.63, 3.8) is 0 Å². The fourth-order valence-corrected chi connectivity index (χ4v) is 5.98. The first-order chi connectivity index (χ1) is 13.6. The van der Waals surface area contributed by atoms with Crippen molar-refractivity contribution in [2.45, 2.75) is 46.2 Å². The number of benzene rings is 1. The lowest BCUT2D eigenvalue weighted by molar-refractivity contribution is -0.137. The van der Waals surface area contributed by atoms with Gasteiger partial charge >= 0.3 is 6.18 Å². The highest BCUT2D eigenvalue weighted by molar-refractivity contribution is 7.16. The van der Waals surface area contributed by atoms with E-state index in [1.165, 1.54) is 22.1 Å². The number of aromatic nitrogens is 1. The molecule has 0 saturated carbocycles. The van der Waals surface area contributed by atoms with Crippen molar-refractivity contribution in [1.82, 2.24) is 4.98 Å². The lowest BCUT2D eigenvalue weighted by Crippen LogP contribution is -2.38. The molecule has 1 heterocycles. The monoisotopic (exact) mass is 418 g/mol. The zero-order chi connectivity index (χ0) is 21.0. The van der Waals surface area contributed by atoms with Gasteiger partial charge < -0.3 is 5.32 Å². The van der Waals surface area contributed by atoms with Crippen molar-refractivity contribution in [1.29, 1.82) is 0 Å². The lowest BCUT2D eigenvalue weighted by Gasteiger charge is -2.47. The number of halogens is 3. The van der Waals surface area contributed by atoms with Crippen LogP contribution in [-0.4, -0.2) is 4.98 Å². The van der Waals surface area contributed by atoms with Gasteiger partial charge in [-0.1, -0.05) is 49.5 Å². The van der Waals surface area contributed by atoms with Crippen molar-refractivity contribution >= 4 is 27.7 Å². The van der Waals surface area contributed by atoms with Gasteiger partial charge in [-0.2, -0.15) is 13.2 Å². The summed E-state index contributed by atoms with van der Waals surface area (Å²) in [5.41, 5.74) is 3.45. The Morgan fingerprint density at radius 3 is 2.79 bits per heavy atom. The van der Waals surface area contributed by atoms with Crippen LogP contribution in [0.15, 0.2) is 42.5 Å². The van der Waals surface area contributed by atoms with Crippen LogP contribution in [0.2, 0.25) is 0 Å². The van der Waals surface area contributed by atoms with Gasteiger partial charge in [0.25, 0.3) is 0 Å². The topological polar surface area (TPSA) is 24.9 Å². The molecule has 154 valence electrons. The number of nitrogens with zero attached hydrogens (tertiary/aromatic N) is 1. The normalized spacial score (nSPS) is 26.3. The van der Waals surface area contributed by atoms with Gasteiger partial charge in [-0.25, -0.2) is 4.98 Å². The van der Waals surface area contributed by atoms with E-state index in [2.05, 4.69) is 38.7 Å². The quantitative estimate of drug-likeness (QED) is 0.523. The molecule has 4 rings (SSSR count). The average molecular weight is 419 g/mol. The van der Waals surface area contributed by atoms with E-state index in [9.17, 15) is 13.2 Å². The summed E-state index contributed by atoms with van der Waals surface area (Å²) in [6, 6.07) is 5.26. The number of anilines is 2. The molecule has 0 fully saturated rings. The van der Waals surface area contributed by atoms with E-state index in [0.29, 0.717) is 22.7 Å². The second-order valence-corrected chi connectivity index (χ2v) is 9.51. The number of alkyl halides is 3. The van der Waals surface area contributed by atoms with Crippen molar-refractivity contribution in [3.05, 3.63) is 58.6 Å². The Balaban J connectivity index is 1.65. The van der Waals surface area contributed by atoms with E-state index in [1.54, 1.807) is 17.4 Å². The highest BCUT2D eigenvalue weighted by atomic mass is 32.1. The van der Waals surface area contributed by atoms with Crippen LogP contribution in [0.25, 0.3) is 5.57 Å². The first-order valence-electron chi connectivity index (χ1n) is 9.90. The molecular weight excluding hydrogens is 393 g/mol. The van der Waals surface area contributed by atoms with Crippen molar-refractivity contribution < 1.29 is 13.2 Å². The third-order valence-electron chi connectivity index (χ3n) is 6.70. The number of aryl methyl sites for hydroxylation is 1. The second-order valence-electron chi connectivity index (χ2n) is 8.51. The average Bonchev–Trinajstić information content (AvgIpc) is 3.05. The van der Waals surface area contributed by atoms with E-state index in [0.717, 1.165) is 37.1 Å². The van der Waals surface area contributed by atoms with Crippen LogP contribution in [-0.2, 0) is 12.6 Å². The van der Waals surface area contributed by atoms with Crippen LogP contribution in [0, 0.1) is 17.3 Å². The number of fused-ring (bicyclic) bond motifs is 3. The standard InChI is InChI=1S/C23H25F3N2S/c1-13(2)17-8-9-18-20-19(10-11-22(18,4)14(17)3)28-21(29-20)27-16-7-5-6-15(12-16)23(24,25)26/h5-7,9,12,14,17H,1,8,10-11H2,2-4H3,(H,27,28)/t14-,17-,22+/m0/s1. The summed E-state index contributed by atoms with van der Waals surface area (Å²) in [5, 5.41) is 3.73. The van der Waals surface area contributed by atoms with Gasteiger partial charge in [0.05, 0.1) is 16.1 Å². The molecule has 0 radical (unpaired) electrons. The largest absolute Gasteiger partial charge is 0.416 e. The van der Waals surface area contributed by atoms with E-state index < -0.39 is 11.7 Å². The minimum Gasteiger partial charge on any atom is -0.332 e. The zero-order valence-corrected chi connectivity index (χ0v) is 17.7. The van der Waals surface area contributed by atoms with Gasteiger partial charge in [-0.15, -0.1) is 0 Å². The fourth-order valence-electron chi connectivity index (χ4n) is 4.77. The maximum atomic E-state index is 13.0. The van der Waals surface area contributed by atoms with Crippen molar-refractivity contribution in [2.24, 2.45) is 17.3 Å². The van der Waals surface area contributed by atoms with Crippen LogP contribution >= 0.6 is 11.3 Å². The summed E-state index contributed by atoms with van der Waals surface area (Å²) >= 11 is 1.55. The molecule has 3 atom stereocenters. The predicted octanol–water partition coefficient (Wildman–Crippen LogP) is 7.47.